The normalized spacial score (nSPS) is 39.1. The number of ether oxygens (including phenoxy) is 1. The van der Waals surface area contributed by atoms with Crippen LogP contribution in [-0.2, 0) is 19.1 Å². The van der Waals surface area contributed by atoms with Gasteiger partial charge in [0.2, 0.25) is 5.78 Å². The number of hydrogen-bond donors (Lipinski definition) is 0. The molecule has 0 aromatic carbocycles. The predicted octanol–water partition coefficient (Wildman–Crippen LogP) is 4.19. The first-order valence-corrected chi connectivity index (χ1v) is 9.58. The molecule has 3 aliphatic carbocycles. The summed E-state index contributed by atoms with van der Waals surface area (Å²) in [4.78, 5) is 38.3. The average molecular weight is 358 g/mol. The molecule has 0 amide bonds. The Kier molecular flexibility index (Phi) is 4.33. The molecule has 0 heterocycles. The lowest BCUT2D eigenvalue weighted by molar-refractivity contribution is -0.160. The molecule has 26 heavy (non-hydrogen) atoms. The fraction of sp³-hybridized carbons (Fsp3) is 0.682. The Balaban J connectivity index is 2.18. The van der Waals surface area contributed by atoms with Crippen molar-refractivity contribution in [3.8, 4) is 0 Å². The van der Waals surface area contributed by atoms with E-state index in [1.54, 1.807) is 6.08 Å². The van der Waals surface area contributed by atoms with Crippen molar-refractivity contribution < 1.29 is 19.1 Å². The van der Waals surface area contributed by atoms with Gasteiger partial charge in [-0.1, -0.05) is 40.2 Å². The molecule has 0 saturated heterocycles. The van der Waals surface area contributed by atoms with Crippen LogP contribution in [0.1, 0.15) is 66.7 Å². The van der Waals surface area contributed by atoms with Gasteiger partial charge in [0.15, 0.2) is 11.9 Å². The highest BCUT2D eigenvalue weighted by atomic mass is 16.5. The maximum absolute atomic E-state index is 13.6. The molecule has 0 aromatic heterocycles. The van der Waals surface area contributed by atoms with Crippen molar-refractivity contribution in [2.45, 2.75) is 72.8 Å². The Morgan fingerprint density at radius 1 is 1.19 bits per heavy atom. The molecule has 4 heteroatoms. The molecule has 1 saturated carbocycles. The van der Waals surface area contributed by atoms with Crippen LogP contribution in [0.15, 0.2) is 23.8 Å². The van der Waals surface area contributed by atoms with E-state index in [9.17, 15) is 14.4 Å². The number of ketones is 2. The zero-order valence-electron chi connectivity index (χ0n) is 16.6. The molecule has 0 aliphatic heterocycles. The summed E-state index contributed by atoms with van der Waals surface area (Å²) < 4.78 is 5.47. The second-order valence-electron chi connectivity index (χ2n) is 9.53. The van der Waals surface area contributed by atoms with E-state index >= 15 is 0 Å². The SMILES string of the molecule is C=CC1(C)CC2=C(C(=O)C1OC(C)=O)C1(C)CCCC(C)(C)C1CC2=O. The Morgan fingerprint density at radius 2 is 1.85 bits per heavy atom. The van der Waals surface area contributed by atoms with Gasteiger partial charge in [-0.2, -0.15) is 0 Å². The molecule has 0 spiro atoms. The summed E-state index contributed by atoms with van der Waals surface area (Å²) in [6, 6.07) is 0. The van der Waals surface area contributed by atoms with Gasteiger partial charge in [-0.05, 0) is 30.6 Å². The van der Waals surface area contributed by atoms with Crippen LogP contribution >= 0.6 is 0 Å². The molecule has 0 bridgehead atoms. The fourth-order valence-electron chi connectivity index (χ4n) is 5.77. The zero-order valence-corrected chi connectivity index (χ0v) is 16.6. The Labute approximate surface area is 156 Å². The number of carbonyl (C=O) groups is 3. The van der Waals surface area contributed by atoms with Gasteiger partial charge in [-0.25, -0.2) is 0 Å². The maximum Gasteiger partial charge on any atom is 0.303 e. The van der Waals surface area contributed by atoms with E-state index in [0.29, 0.717) is 24.0 Å². The molecule has 4 atom stereocenters. The minimum absolute atomic E-state index is 0.0115. The van der Waals surface area contributed by atoms with E-state index in [2.05, 4.69) is 27.4 Å². The molecule has 0 aromatic rings. The molecular weight excluding hydrogens is 328 g/mol. The third-order valence-corrected chi connectivity index (χ3v) is 7.22. The number of Topliss-reactive ketones (excluding diaryl/α,β-unsaturated/α-hetero) is 2. The number of allylic oxidation sites excluding steroid dienone is 1. The summed E-state index contributed by atoms with van der Waals surface area (Å²) >= 11 is 0. The lowest BCUT2D eigenvalue weighted by Crippen LogP contribution is -2.55. The summed E-state index contributed by atoms with van der Waals surface area (Å²) in [5.74, 6) is -0.444. The topological polar surface area (TPSA) is 60.4 Å². The molecule has 0 radical (unpaired) electrons. The number of esters is 1. The van der Waals surface area contributed by atoms with Crippen LogP contribution in [0.4, 0.5) is 0 Å². The van der Waals surface area contributed by atoms with E-state index in [1.807, 2.05) is 6.92 Å². The van der Waals surface area contributed by atoms with Gasteiger partial charge in [0.05, 0.1) is 0 Å². The van der Waals surface area contributed by atoms with E-state index in [1.165, 1.54) is 6.92 Å². The van der Waals surface area contributed by atoms with Crippen molar-refractivity contribution in [1.29, 1.82) is 0 Å². The lowest BCUT2D eigenvalue weighted by atomic mass is 9.47. The second kappa shape index (κ2) is 5.90. The monoisotopic (exact) mass is 358 g/mol. The van der Waals surface area contributed by atoms with Crippen LogP contribution in [0, 0.1) is 22.2 Å². The summed E-state index contributed by atoms with van der Waals surface area (Å²) in [6.45, 7) is 13.6. The third-order valence-electron chi connectivity index (χ3n) is 7.22. The molecule has 1 fully saturated rings. The second-order valence-corrected chi connectivity index (χ2v) is 9.53. The number of carbonyl (C=O) groups excluding carboxylic acids is 3. The van der Waals surface area contributed by atoms with Crippen LogP contribution in [-0.4, -0.2) is 23.6 Å². The van der Waals surface area contributed by atoms with Gasteiger partial charge in [-0.3, -0.25) is 14.4 Å². The minimum atomic E-state index is -0.898. The quantitative estimate of drug-likeness (QED) is 0.549. The van der Waals surface area contributed by atoms with Crippen LogP contribution < -0.4 is 0 Å². The van der Waals surface area contributed by atoms with E-state index in [-0.39, 0.29) is 28.3 Å². The van der Waals surface area contributed by atoms with Gasteiger partial charge in [0.1, 0.15) is 0 Å². The summed E-state index contributed by atoms with van der Waals surface area (Å²) in [5, 5.41) is 0. The van der Waals surface area contributed by atoms with Gasteiger partial charge in [0, 0.05) is 35.3 Å². The molecule has 3 rings (SSSR count). The average Bonchev–Trinajstić information content (AvgIpc) is 2.53. The number of fused-ring (bicyclic) bond motifs is 2. The Morgan fingerprint density at radius 3 is 2.42 bits per heavy atom. The van der Waals surface area contributed by atoms with Crippen molar-refractivity contribution in [2.24, 2.45) is 22.2 Å². The first kappa shape index (κ1) is 19.1. The maximum atomic E-state index is 13.6. The Hall–Kier alpha value is -1.71. The van der Waals surface area contributed by atoms with Gasteiger partial charge in [0.25, 0.3) is 0 Å². The molecule has 142 valence electrons. The van der Waals surface area contributed by atoms with Crippen molar-refractivity contribution in [2.75, 3.05) is 0 Å². The van der Waals surface area contributed by atoms with Crippen molar-refractivity contribution in [3.05, 3.63) is 23.8 Å². The third kappa shape index (κ3) is 2.60. The molecule has 4 unspecified atom stereocenters. The largest absolute Gasteiger partial charge is 0.453 e. The fourth-order valence-corrected chi connectivity index (χ4v) is 5.77. The Bertz CT molecular complexity index is 728. The van der Waals surface area contributed by atoms with E-state index < -0.39 is 17.5 Å². The molecular formula is C22H30O4. The summed E-state index contributed by atoms with van der Waals surface area (Å²) in [7, 11) is 0. The highest BCUT2D eigenvalue weighted by molar-refractivity contribution is 6.12. The minimum Gasteiger partial charge on any atom is -0.453 e. The highest BCUT2D eigenvalue weighted by Crippen LogP contribution is 2.61. The molecule has 3 aliphatic rings. The van der Waals surface area contributed by atoms with Gasteiger partial charge in [-0.15, -0.1) is 6.58 Å². The predicted molar refractivity (Wildman–Crippen MR) is 99.4 cm³/mol. The van der Waals surface area contributed by atoms with Gasteiger partial charge < -0.3 is 4.74 Å². The highest BCUT2D eigenvalue weighted by Gasteiger charge is 2.59. The van der Waals surface area contributed by atoms with Crippen molar-refractivity contribution in [3.63, 3.8) is 0 Å². The van der Waals surface area contributed by atoms with Crippen molar-refractivity contribution in [1.82, 2.24) is 0 Å². The summed E-state index contributed by atoms with van der Waals surface area (Å²) in [5.41, 5.74) is 0.222. The smallest absolute Gasteiger partial charge is 0.303 e. The zero-order chi connectivity index (χ0) is 19.5. The first-order valence-electron chi connectivity index (χ1n) is 9.58. The first-order chi connectivity index (χ1) is 12.0. The summed E-state index contributed by atoms with van der Waals surface area (Å²) in [6.07, 6.45) is 4.68. The number of hydrogen-bond acceptors (Lipinski definition) is 4. The van der Waals surface area contributed by atoms with Crippen LogP contribution in [0.3, 0.4) is 0 Å². The molecule has 0 N–H and O–H groups in total. The standard InChI is InChI=1S/C22H30O4/c1-7-21(5)12-14-15(24)11-16-20(3,4)9-8-10-22(16,6)17(14)18(25)19(21)26-13(2)23/h7,16,19H,1,8-12H2,2-6H3. The van der Waals surface area contributed by atoms with Gasteiger partial charge >= 0.3 is 5.97 Å². The van der Waals surface area contributed by atoms with Crippen LogP contribution in [0.2, 0.25) is 0 Å². The van der Waals surface area contributed by atoms with Crippen LogP contribution in [0.25, 0.3) is 0 Å². The lowest BCUT2D eigenvalue weighted by Gasteiger charge is -2.56. The van der Waals surface area contributed by atoms with E-state index in [4.69, 9.17) is 4.74 Å². The molecule has 4 nitrogen and oxygen atoms in total. The van der Waals surface area contributed by atoms with E-state index in [0.717, 1.165) is 19.3 Å². The number of rotatable bonds is 2. The van der Waals surface area contributed by atoms with Crippen LogP contribution in [0.5, 0.6) is 0 Å². The van der Waals surface area contributed by atoms with Crippen molar-refractivity contribution >= 4 is 17.5 Å².